The number of piperidine rings is 1. The molecular weight excluding hydrogens is 354 g/mol. The van der Waals surface area contributed by atoms with Gasteiger partial charge in [-0.3, -0.25) is 9.59 Å². The number of nitrogens with one attached hydrogen (secondary N) is 1. The van der Waals surface area contributed by atoms with Gasteiger partial charge >= 0.3 is 0 Å². The molecule has 0 unspecified atom stereocenters. The van der Waals surface area contributed by atoms with Gasteiger partial charge in [0.15, 0.2) is 0 Å². The summed E-state index contributed by atoms with van der Waals surface area (Å²) in [5, 5.41) is 2.61. The molecule has 1 aliphatic rings. The molecule has 144 valence electrons. The van der Waals surface area contributed by atoms with Crippen LogP contribution >= 0.6 is 0 Å². The SMILES string of the molecule is CCN(CC)C(=O)C1CCN(S(=O)(=O)c2ccc(NC(C)=O)cc2)CC1. The van der Waals surface area contributed by atoms with Crippen LogP contribution < -0.4 is 5.32 Å². The summed E-state index contributed by atoms with van der Waals surface area (Å²) in [5.74, 6) is -0.198. The van der Waals surface area contributed by atoms with Crippen LogP contribution in [0.4, 0.5) is 5.69 Å². The van der Waals surface area contributed by atoms with E-state index in [-0.39, 0.29) is 22.6 Å². The number of sulfonamides is 1. The molecule has 7 nitrogen and oxygen atoms in total. The zero-order valence-electron chi connectivity index (χ0n) is 15.6. The maximum Gasteiger partial charge on any atom is 0.243 e. The largest absolute Gasteiger partial charge is 0.343 e. The van der Waals surface area contributed by atoms with E-state index in [1.54, 1.807) is 17.0 Å². The van der Waals surface area contributed by atoms with Crippen LogP contribution in [0, 0.1) is 5.92 Å². The molecule has 1 aromatic rings. The predicted octanol–water partition coefficient (Wildman–Crippen LogP) is 1.91. The van der Waals surface area contributed by atoms with Gasteiger partial charge in [0.1, 0.15) is 0 Å². The highest BCUT2D eigenvalue weighted by molar-refractivity contribution is 7.89. The Labute approximate surface area is 155 Å². The van der Waals surface area contributed by atoms with Crippen molar-refractivity contribution in [3.05, 3.63) is 24.3 Å². The van der Waals surface area contributed by atoms with E-state index in [2.05, 4.69) is 5.32 Å². The van der Waals surface area contributed by atoms with Gasteiger partial charge in [-0.1, -0.05) is 0 Å². The van der Waals surface area contributed by atoms with Gasteiger partial charge in [-0.2, -0.15) is 4.31 Å². The van der Waals surface area contributed by atoms with E-state index in [0.29, 0.717) is 44.7 Å². The van der Waals surface area contributed by atoms with Crippen molar-refractivity contribution in [2.75, 3.05) is 31.5 Å². The summed E-state index contributed by atoms with van der Waals surface area (Å²) in [7, 11) is -3.59. The Balaban J connectivity index is 2.03. The van der Waals surface area contributed by atoms with Crippen LogP contribution in [0.1, 0.15) is 33.6 Å². The zero-order chi connectivity index (χ0) is 19.3. The second-order valence-electron chi connectivity index (χ2n) is 6.39. The molecule has 0 radical (unpaired) electrons. The number of nitrogens with zero attached hydrogens (tertiary/aromatic N) is 2. The standard InChI is InChI=1S/C18H27N3O4S/c1-4-20(5-2)18(23)15-10-12-21(13-11-15)26(24,25)17-8-6-16(7-9-17)19-14(3)22/h6-9,15H,4-5,10-13H2,1-3H3,(H,19,22). The Kier molecular flexibility index (Phi) is 6.77. The molecule has 0 saturated carbocycles. The number of carbonyl (C=O) groups excluding carboxylic acids is 2. The molecule has 0 aliphatic carbocycles. The number of anilines is 1. The first-order valence-electron chi connectivity index (χ1n) is 8.96. The first kappa shape index (κ1) is 20.4. The van der Waals surface area contributed by atoms with Crippen molar-refractivity contribution in [1.29, 1.82) is 0 Å². The summed E-state index contributed by atoms with van der Waals surface area (Å²) in [6, 6.07) is 6.14. The summed E-state index contributed by atoms with van der Waals surface area (Å²) < 4.78 is 27.0. The van der Waals surface area contributed by atoms with Crippen molar-refractivity contribution in [1.82, 2.24) is 9.21 Å². The van der Waals surface area contributed by atoms with E-state index in [9.17, 15) is 18.0 Å². The van der Waals surface area contributed by atoms with E-state index < -0.39 is 10.0 Å². The second-order valence-corrected chi connectivity index (χ2v) is 8.33. The van der Waals surface area contributed by atoms with Crippen molar-refractivity contribution < 1.29 is 18.0 Å². The first-order chi connectivity index (χ1) is 12.3. The molecule has 1 saturated heterocycles. The number of amides is 2. The molecule has 0 spiro atoms. The second kappa shape index (κ2) is 8.64. The number of carbonyl (C=O) groups is 2. The van der Waals surface area contributed by atoms with Gasteiger partial charge in [-0.05, 0) is 51.0 Å². The van der Waals surface area contributed by atoms with Crippen LogP contribution in [-0.2, 0) is 19.6 Å². The van der Waals surface area contributed by atoms with Gasteiger partial charge < -0.3 is 10.2 Å². The smallest absolute Gasteiger partial charge is 0.243 e. The molecule has 0 atom stereocenters. The average Bonchev–Trinajstić information content (AvgIpc) is 2.62. The highest BCUT2D eigenvalue weighted by Crippen LogP contribution is 2.25. The Morgan fingerprint density at radius 1 is 1.12 bits per heavy atom. The topological polar surface area (TPSA) is 86.8 Å². The molecular formula is C18H27N3O4S. The normalized spacial score (nSPS) is 16.3. The third-order valence-electron chi connectivity index (χ3n) is 4.69. The fraction of sp³-hybridized carbons (Fsp3) is 0.556. The van der Waals surface area contributed by atoms with Crippen LogP contribution in [0.25, 0.3) is 0 Å². The van der Waals surface area contributed by atoms with Crippen LogP contribution in [0.5, 0.6) is 0 Å². The molecule has 0 bridgehead atoms. The molecule has 1 N–H and O–H groups in total. The summed E-state index contributed by atoms with van der Waals surface area (Å²) in [5.41, 5.74) is 0.556. The fourth-order valence-electron chi connectivity index (χ4n) is 3.20. The van der Waals surface area contributed by atoms with Crippen LogP contribution in [-0.4, -0.2) is 55.6 Å². The Bertz CT molecular complexity index is 734. The third-order valence-corrected chi connectivity index (χ3v) is 6.60. The van der Waals surface area contributed by atoms with Crippen molar-refractivity contribution >= 4 is 27.5 Å². The fourth-order valence-corrected chi connectivity index (χ4v) is 4.67. The molecule has 8 heteroatoms. The third kappa shape index (κ3) is 4.62. The minimum Gasteiger partial charge on any atom is -0.343 e. The van der Waals surface area contributed by atoms with Crippen molar-refractivity contribution in [2.45, 2.75) is 38.5 Å². The van der Waals surface area contributed by atoms with Gasteiger partial charge in [-0.25, -0.2) is 8.42 Å². The highest BCUT2D eigenvalue weighted by atomic mass is 32.2. The Hall–Kier alpha value is -1.93. The summed E-state index contributed by atoms with van der Waals surface area (Å²) in [6.45, 7) is 7.33. The number of rotatable bonds is 6. The van der Waals surface area contributed by atoms with Gasteiger partial charge in [0.25, 0.3) is 0 Å². The lowest BCUT2D eigenvalue weighted by Crippen LogP contribution is -2.44. The van der Waals surface area contributed by atoms with E-state index in [1.807, 2.05) is 13.8 Å². The Morgan fingerprint density at radius 2 is 1.65 bits per heavy atom. The molecule has 2 rings (SSSR count). The number of benzene rings is 1. The van der Waals surface area contributed by atoms with Crippen molar-refractivity contribution in [2.24, 2.45) is 5.92 Å². The van der Waals surface area contributed by atoms with Gasteiger partial charge in [0.05, 0.1) is 4.90 Å². The average molecular weight is 381 g/mol. The first-order valence-corrected chi connectivity index (χ1v) is 10.4. The van der Waals surface area contributed by atoms with E-state index in [4.69, 9.17) is 0 Å². The quantitative estimate of drug-likeness (QED) is 0.815. The summed E-state index contributed by atoms with van der Waals surface area (Å²) >= 11 is 0. The maximum absolute atomic E-state index is 12.8. The molecule has 1 aliphatic heterocycles. The van der Waals surface area contributed by atoms with Crippen molar-refractivity contribution in [3.63, 3.8) is 0 Å². The minimum atomic E-state index is -3.59. The number of hydrogen-bond donors (Lipinski definition) is 1. The van der Waals surface area contributed by atoms with Crippen LogP contribution in [0.15, 0.2) is 29.2 Å². The minimum absolute atomic E-state index is 0.108. The monoisotopic (exact) mass is 381 g/mol. The molecule has 1 fully saturated rings. The lowest BCUT2D eigenvalue weighted by atomic mass is 9.96. The maximum atomic E-state index is 12.8. The Morgan fingerprint density at radius 3 is 2.12 bits per heavy atom. The molecule has 0 aromatic heterocycles. The van der Waals surface area contributed by atoms with Gasteiger partial charge in [-0.15, -0.1) is 0 Å². The van der Waals surface area contributed by atoms with E-state index in [0.717, 1.165) is 0 Å². The molecule has 2 amide bonds. The molecule has 1 aromatic carbocycles. The zero-order valence-corrected chi connectivity index (χ0v) is 16.4. The number of hydrogen-bond acceptors (Lipinski definition) is 4. The van der Waals surface area contributed by atoms with E-state index >= 15 is 0 Å². The highest BCUT2D eigenvalue weighted by Gasteiger charge is 2.33. The van der Waals surface area contributed by atoms with Crippen LogP contribution in [0.3, 0.4) is 0 Å². The summed E-state index contributed by atoms with van der Waals surface area (Å²) in [4.78, 5) is 25.5. The van der Waals surface area contributed by atoms with E-state index in [1.165, 1.54) is 23.4 Å². The van der Waals surface area contributed by atoms with Gasteiger partial charge in [0, 0.05) is 44.7 Å². The lowest BCUT2D eigenvalue weighted by Gasteiger charge is -2.33. The van der Waals surface area contributed by atoms with Gasteiger partial charge in [0.2, 0.25) is 21.8 Å². The predicted molar refractivity (Wildman–Crippen MR) is 100 cm³/mol. The van der Waals surface area contributed by atoms with Crippen molar-refractivity contribution in [3.8, 4) is 0 Å². The summed E-state index contributed by atoms with van der Waals surface area (Å²) in [6.07, 6.45) is 1.08. The molecule has 1 heterocycles. The molecule has 26 heavy (non-hydrogen) atoms. The van der Waals surface area contributed by atoms with Crippen LogP contribution in [0.2, 0.25) is 0 Å². The lowest BCUT2D eigenvalue weighted by molar-refractivity contribution is -0.136.